The quantitative estimate of drug-likeness (QED) is 0.391. The number of rotatable bonds is 5. The van der Waals surface area contributed by atoms with Gasteiger partial charge in [0, 0.05) is 6.54 Å². The summed E-state index contributed by atoms with van der Waals surface area (Å²) in [5.41, 5.74) is 0. The molecule has 14 heavy (non-hydrogen) atoms. The van der Waals surface area contributed by atoms with Crippen molar-refractivity contribution in [2.24, 2.45) is 0 Å². The van der Waals surface area contributed by atoms with E-state index in [2.05, 4.69) is 10.1 Å². The number of ether oxygens (including phenoxy) is 2. The molecule has 5 nitrogen and oxygen atoms in total. The molecule has 82 valence electrons. The third-order valence-electron chi connectivity index (χ3n) is 1.30. The first-order chi connectivity index (χ1) is 6.57. The zero-order valence-electron chi connectivity index (χ0n) is 8.83. The number of hydrogen-bond acceptors (Lipinski definition) is 4. The minimum atomic E-state index is -0.850. The summed E-state index contributed by atoms with van der Waals surface area (Å²) in [4.78, 5) is 21.7. The molecule has 0 aliphatic rings. The summed E-state index contributed by atoms with van der Waals surface area (Å²) < 4.78 is 9.66. The molecule has 0 atom stereocenters. The molecule has 0 aliphatic carbocycles. The Morgan fingerprint density at radius 3 is 2.50 bits per heavy atom. The van der Waals surface area contributed by atoms with Crippen LogP contribution in [0.25, 0.3) is 0 Å². The van der Waals surface area contributed by atoms with Crippen LogP contribution in [0.15, 0.2) is 0 Å². The van der Waals surface area contributed by atoms with E-state index in [1.54, 1.807) is 6.92 Å². The number of hydrogen-bond donors (Lipinski definition) is 1. The Morgan fingerprint density at radius 2 is 2.00 bits per heavy atom. The molecule has 0 aromatic rings. The van der Waals surface area contributed by atoms with Gasteiger partial charge in [0.15, 0.2) is 0 Å². The van der Waals surface area contributed by atoms with Crippen molar-refractivity contribution in [2.75, 3.05) is 19.8 Å². The number of carbonyl (C=O) groups excluding carboxylic acids is 2. The van der Waals surface area contributed by atoms with Crippen molar-refractivity contribution >= 4 is 11.9 Å². The molecule has 1 N–H and O–H groups in total. The molecule has 0 spiro atoms. The molecule has 0 bridgehead atoms. The fourth-order valence-corrected chi connectivity index (χ4v) is 0.728. The van der Waals surface area contributed by atoms with Gasteiger partial charge in [0.1, 0.15) is 0 Å². The molecule has 0 aromatic carbocycles. The Bertz CT molecular complexity index is 191. The Labute approximate surface area is 83.8 Å². The van der Waals surface area contributed by atoms with Crippen molar-refractivity contribution in [2.45, 2.75) is 26.9 Å². The second-order valence-electron chi connectivity index (χ2n) is 2.90. The number of carbonyl (C=O) groups is 2. The highest BCUT2D eigenvalue weighted by Gasteiger charge is 2.12. The monoisotopic (exact) mass is 203 g/mol. The summed E-state index contributed by atoms with van der Waals surface area (Å²) in [6.07, 6.45) is 0.120. The first-order valence-corrected chi connectivity index (χ1v) is 4.64. The van der Waals surface area contributed by atoms with E-state index < -0.39 is 11.9 Å². The van der Waals surface area contributed by atoms with Gasteiger partial charge in [0.25, 0.3) is 0 Å². The largest absolute Gasteiger partial charge is 0.459 e. The summed E-state index contributed by atoms with van der Waals surface area (Å²) in [5.74, 6) is -1.57. The van der Waals surface area contributed by atoms with Crippen molar-refractivity contribution in [1.29, 1.82) is 0 Å². The Hall–Kier alpha value is -1.10. The van der Waals surface area contributed by atoms with Gasteiger partial charge >= 0.3 is 11.9 Å². The molecular formula is C9H17NO4. The maximum atomic E-state index is 10.9. The summed E-state index contributed by atoms with van der Waals surface area (Å²) in [6, 6.07) is 0. The van der Waals surface area contributed by atoms with Gasteiger partial charge in [0.05, 0.1) is 19.3 Å². The van der Waals surface area contributed by atoms with Crippen molar-refractivity contribution in [3.05, 3.63) is 0 Å². The molecule has 0 saturated carbocycles. The summed E-state index contributed by atoms with van der Waals surface area (Å²) in [5, 5.41) is 2.38. The highest BCUT2D eigenvalue weighted by Crippen LogP contribution is 1.85. The molecule has 0 rings (SSSR count). The molecule has 0 saturated heterocycles. The number of esters is 1. The van der Waals surface area contributed by atoms with E-state index in [9.17, 15) is 9.59 Å². The maximum absolute atomic E-state index is 10.9. The van der Waals surface area contributed by atoms with Crippen molar-refractivity contribution < 1.29 is 19.1 Å². The minimum Gasteiger partial charge on any atom is -0.459 e. The lowest BCUT2D eigenvalue weighted by Gasteiger charge is -2.07. The van der Waals surface area contributed by atoms with Crippen molar-refractivity contribution in [1.82, 2.24) is 5.32 Å². The lowest BCUT2D eigenvalue weighted by molar-refractivity contribution is -0.154. The molecular weight excluding hydrogens is 186 g/mol. The fraction of sp³-hybridized carbons (Fsp3) is 0.778. The number of nitrogens with one attached hydrogen (secondary N) is 1. The summed E-state index contributed by atoms with van der Waals surface area (Å²) in [6.45, 7) is 6.35. The van der Waals surface area contributed by atoms with Crippen LogP contribution in [-0.4, -0.2) is 37.7 Å². The van der Waals surface area contributed by atoms with Gasteiger partial charge in [-0.1, -0.05) is 0 Å². The predicted octanol–water partition coefficient (Wildman–Crippen LogP) is 0.0907. The van der Waals surface area contributed by atoms with Crippen LogP contribution in [-0.2, 0) is 19.1 Å². The van der Waals surface area contributed by atoms with E-state index in [0.717, 1.165) is 0 Å². The average Bonchev–Trinajstić information content (AvgIpc) is 2.12. The third kappa shape index (κ3) is 6.42. The van der Waals surface area contributed by atoms with E-state index in [1.807, 2.05) is 13.8 Å². The van der Waals surface area contributed by atoms with Crippen LogP contribution in [0, 0.1) is 0 Å². The van der Waals surface area contributed by atoms with Crippen molar-refractivity contribution in [3.8, 4) is 0 Å². The van der Waals surface area contributed by atoms with Crippen molar-refractivity contribution in [3.63, 3.8) is 0 Å². The SMILES string of the molecule is CCOC(=O)C(=O)NCCOC(C)C. The molecule has 5 heteroatoms. The first-order valence-electron chi connectivity index (χ1n) is 4.64. The van der Waals surface area contributed by atoms with Crippen LogP contribution in [0.5, 0.6) is 0 Å². The Kier molecular flexibility index (Phi) is 6.74. The average molecular weight is 203 g/mol. The lowest BCUT2D eigenvalue weighted by Crippen LogP contribution is -2.35. The van der Waals surface area contributed by atoms with Crippen LogP contribution in [0.3, 0.4) is 0 Å². The van der Waals surface area contributed by atoms with Gasteiger partial charge in [-0.2, -0.15) is 0 Å². The molecule has 1 amide bonds. The zero-order chi connectivity index (χ0) is 11.0. The van der Waals surface area contributed by atoms with Gasteiger partial charge in [-0.25, -0.2) is 4.79 Å². The molecule has 0 radical (unpaired) electrons. The molecule has 0 fully saturated rings. The topological polar surface area (TPSA) is 64.6 Å². The van der Waals surface area contributed by atoms with Crippen LogP contribution < -0.4 is 5.32 Å². The molecule has 0 aliphatic heterocycles. The fourth-order valence-electron chi connectivity index (χ4n) is 0.728. The smallest absolute Gasteiger partial charge is 0.396 e. The molecule has 0 unspecified atom stereocenters. The van der Waals surface area contributed by atoms with E-state index in [1.165, 1.54) is 0 Å². The van der Waals surface area contributed by atoms with E-state index in [0.29, 0.717) is 13.2 Å². The van der Waals surface area contributed by atoms with Gasteiger partial charge in [-0.05, 0) is 20.8 Å². The van der Waals surface area contributed by atoms with Crippen LogP contribution in [0.4, 0.5) is 0 Å². The van der Waals surface area contributed by atoms with E-state index in [-0.39, 0.29) is 12.7 Å². The highest BCUT2D eigenvalue weighted by molar-refractivity contribution is 6.32. The maximum Gasteiger partial charge on any atom is 0.396 e. The Morgan fingerprint density at radius 1 is 1.36 bits per heavy atom. The summed E-state index contributed by atoms with van der Waals surface area (Å²) in [7, 11) is 0. The van der Waals surface area contributed by atoms with Crippen LogP contribution >= 0.6 is 0 Å². The van der Waals surface area contributed by atoms with Crippen LogP contribution in [0.1, 0.15) is 20.8 Å². The zero-order valence-corrected chi connectivity index (χ0v) is 8.83. The lowest BCUT2D eigenvalue weighted by atomic mass is 10.5. The predicted molar refractivity (Wildman–Crippen MR) is 50.7 cm³/mol. The van der Waals surface area contributed by atoms with Gasteiger partial charge in [-0.15, -0.1) is 0 Å². The normalized spacial score (nSPS) is 10.0. The molecule has 0 aromatic heterocycles. The minimum absolute atomic E-state index is 0.120. The third-order valence-corrected chi connectivity index (χ3v) is 1.30. The van der Waals surface area contributed by atoms with E-state index in [4.69, 9.17) is 4.74 Å². The van der Waals surface area contributed by atoms with Gasteiger partial charge < -0.3 is 14.8 Å². The second-order valence-corrected chi connectivity index (χ2v) is 2.90. The Balaban J connectivity index is 3.49. The molecule has 0 heterocycles. The summed E-state index contributed by atoms with van der Waals surface area (Å²) >= 11 is 0. The van der Waals surface area contributed by atoms with Gasteiger partial charge in [-0.3, -0.25) is 4.79 Å². The second kappa shape index (κ2) is 7.32. The standard InChI is InChI=1S/C9H17NO4/c1-4-13-9(12)8(11)10-5-6-14-7(2)3/h7H,4-6H2,1-3H3,(H,10,11). The first kappa shape index (κ1) is 12.9. The van der Waals surface area contributed by atoms with Gasteiger partial charge in [0.2, 0.25) is 0 Å². The number of amides is 1. The van der Waals surface area contributed by atoms with Crippen LogP contribution in [0.2, 0.25) is 0 Å². The highest BCUT2D eigenvalue weighted by atomic mass is 16.5. The van der Waals surface area contributed by atoms with E-state index >= 15 is 0 Å².